The Bertz CT molecular complexity index is 1100. The lowest BCUT2D eigenvalue weighted by Gasteiger charge is -2.25. The predicted molar refractivity (Wildman–Crippen MR) is 113 cm³/mol. The van der Waals surface area contributed by atoms with E-state index in [1.165, 1.54) is 0 Å². The highest BCUT2D eigenvalue weighted by Crippen LogP contribution is 2.29. The first-order valence-electron chi connectivity index (χ1n) is 9.82. The van der Waals surface area contributed by atoms with Crippen LogP contribution in [0.25, 0.3) is 11.4 Å². The molecule has 1 aliphatic rings. The summed E-state index contributed by atoms with van der Waals surface area (Å²) in [6, 6.07) is 14.2. The summed E-state index contributed by atoms with van der Waals surface area (Å²) in [7, 11) is 0. The van der Waals surface area contributed by atoms with Crippen molar-refractivity contribution in [2.45, 2.75) is 12.5 Å². The Labute approximate surface area is 178 Å². The second-order valence-electron chi connectivity index (χ2n) is 6.89. The normalized spacial score (nSPS) is 14.7. The summed E-state index contributed by atoms with van der Waals surface area (Å²) in [5.41, 5.74) is 1.76. The molecule has 0 spiro atoms. The molecule has 3 amide bonds. The van der Waals surface area contributed by atoms with E-state index in [0.29, 0.717) is 28.4 Å². The molecular weight excluding hydrogens is 398 g/mol. The maximum Gasteiger partial charge on any atom is 0.266 e. The third kappa shape index (κ3) is 4.72. The van der Waals surface area contributed by atoms with Crippen molar-refractivity contribution in [1.82, 2.24) is 20.6 Å². The molecular formula is C22H21N5O4. The number of anilines is 1. The fraction of sp³-hybridized carbons (Fsp3) is 0.182. The number of para-hydroxylation sites is 2. The zero-order valence-electron chi connectivity index (χ0n) is 16.6. The van der Waals surface area contributed by atoms with Crippen molar-refractivity contribution >= 4 is 23.4 Å². The molecule has 0 fully saturated rings. The number of amides is 3. The van der Waals surface area contributed by atoms with Gasteiger partial charge in [0.2, 0.25) is 5.91 Å². The number of aromatic nitrogens is 2. The van der Waals surface area contributed by atoms with Gasteiger partial charge in [-0.3, -0.25) is 14.4 Å². The van der Waals surface area contributed by atoms with Crippen molar-refractivity contribution in [3.05, 3.63) is 66.5 Å². The topological polar surface area (TPSA) is 125 Å². The van der Waals surface area contributed by atoms with Gasteiger partial charge in [-0.15, -0.1) is 0 Å². The minimum Gasteiger partial charge on any atom is -0.478 e. The van der Waals surface area contributed by atoms with Gasteiger partial charge in [-0.25, -0.2) is 4.98 Å². The minimum atomic E-state index is -0.898. The third-order valence-corrected chi connectivity index (χ3v) is 4.74. The Morgan fingerprint density at radius 3 is 2.65 bits per heavy atom. The number of aromatic amines is 1. The average Bonchev–Trinajstić information content (AvgIpc) is 3.32. The van der Waals surface area contributed by atoms with Crippen LogP contribution in [0, 0.1) is 0 Å². The molecule has 2 heterocycles. The van der Waals surface area contributed by atoms with Crippen LogP contribution in [-0.4, -0.2) is 46.9 Å². The van der Waals surface area contributed by atoms with E-state index in [1.54, 1.807) is 48.8 Å². The summed E-state index contributed by atoms with van der Waals surface area (Å²) >= 11 is 0. The van der Waals surface area contributed by atoms with Crippen molar-refractivity contribution in [3.63, 3.8) is 0 Å². The Morgan fingerprint density at radius 2 is 1.81 bits per heavy atom. The fourth-order valence-corrected chi connectivity index (χ4v) is 3.24. The molecule has 1 unspecified atom stereocenters. The van der Waals surface area contributed by atoms with Crippen LogP contribution in [0.1, 0.15) is 16.8 Å². The lowest BCUT2D eigenvalue weighted by molar-refractivity contribution is -0.130. The maximum absolute atomic E-state index is 12.5. The highest BCUT2D eigenvalue weighted by molar-refractivity contribution is 6.00. The van der Waals surface area contributed by atoms with Gasteiger partial charge in [0.05, 0.1) is 17.7 Å². The van der Waals surface area contributed by atoms with E-state index < -0.39 is 6.10 Å². The number of hydrogen-bond acceptors (Lipinski definition) is 5. The number of rotatable bonds is 7. The zero-order valence-corrected chi connectivity index (χ0v) is 16.6. The number of H-pyrrole nitrogens is 1. The van der Waals surface area contributed by atoms with E-state index >= 15 is 0 Å². The Balaban J connectivity index is 1.25. The van der Waals surface area contributed by atoms with Crippen molar-refractivity contribution in [2.24, 2.45) is 0 Å². The third-order valence-electron chi connectivity index (χ3n) is 4.74. The van der Waals surface area contributed by atoms with Gasteiger partial charge < -0.3 is 25.7 Å². The molecule has 2 aromatic carbocycles. The fourth-order valence-electron chi connectivity index (χ4n) is 3.24. The quantitative estimate of drug-likeness (QED) is 0.434. The number of benzene rings is 2. The molecule has 4 N–H and O–H groups in total. The molecule has 1 atom stereocenters. The summed E-state index contributed by atoms with van der Waals surface area (Å²) in [6.07, 6.45) is 2.29. The van der Waals surface area contributed by atoms with Crippen molar-refractivity contribution in [1.29, 1.82) is 0 Å². The second kappa shape index (κ2) is 9.12. The van der Waals surface area contributed by atoms with Gasteiger partial charge in [-0.2, -0.15) is 0 Å². The number of carbonyl (C=O) groups is 3. The number of fused-ring (bicyclic) bond motifs is 1. The minimum absolute atomic E-state index is 0.116. The first-order chi connectivity index (χ1) is 15.1. The molecule has 4 rings (SSSR count). The van der Waals surface area contributed by atoms with Crippen LogP contribution in [-0.2, 0) is 9.59 Å². The summed E-state index contributed by atoms with van der Waals surface area (Å²) in [6.45, 7) is 0.454. The van der Waals surface area contributed by atoms with Gasteiger partial charge in [0, 0.05) is 31.0 Å². The molecule has 3 aromatic rings. The first kappa shape index (κ1) is 20.1. The number of carbonyl (C=O) groups excluding carboxylic acids is 3. The SMILES string of the molecule is O=C(CC1Oc2ccccc2NC1=O)NCCNC(=O)c1ccccc1-c1ncc[nH]1. The van der Waals surface area contributed by atoms with Gasteiger partial charge >= 0.3 is 0 Å². The molecule has 0 saturated carbocycles. The van der Waals surface area contributed by atoms with E-state index in [4.69, 9.17) is 4.74 Å². The summed E-state index contributed by atoms with van der Waals surface area (Å²) in [5, 5.41) is 8.19. The zero-order chi connectivity index (χ0) is 21.6. The molecule has 0 bridgehead atoms. The van der Waals surface area contributed by atoms with Crippen LogP contribution in [0.4, 0.5) is 5.69 Å². The Hall–Kier alpha value is -4.14. The Kier molecular flexibility index (Phi) is 5.93. The predicted octanol–water partition coefficient (Wildman–Crippen LogP) is 1.71. The van der Waals surface area contributed by atoms with E-state index in [-0.39, 0.29) is 37.2 Å². The molecule has 0 aliphatic carbocycles. The lowest BCUT2D eigenvalue weighted by Crippen LogP contribution is -2.42. The first-order valence-corrected chi connectivity index (χ1v) is 9.82. The monoisotopic (exact) mass is 419 g/mol. The molecule has 1 aliphatic heterocycles. The largest absolute Gasteiger partial charge is 0.478 e. The number of nitrogens with one attached hydrogen (secondary N) is 4. The van der Waals surface area contributed by atoms with Gasteiger partial charge in [0.15, 0.2) is 6.10 Å². The van der Waals surface area contributed by atoms with Crippen LogP contribution in [0.2, 0.25) is 0 Å². The summed E-state index contributed by atoms with van der Waals surface area (Å²) < 4.78 is 5.61. The standard InChI is InChI=1S/C22H21N5O4/c28-19(13-18-22(30)27-16-7-3-4-8-17(16)31-18)23-9-12-26-21(29)15-6-2-1-5-14(15)20-24-10-11-25-20/h1-8,10-11,18H,9,12-13H2,(H,23,28)(H,24,25)(H,26,29)(H,27,30). The van der Waals surface area contributed by atoms with Gasteiger partial charge in [-0.05, 0) is 18.2 Å². The van der Waals surface area contributed by atoms with Gasteiger partial charge in [-0.1, -0.05) is 30.3 Å². The van der Waals surface area contributed by atoms with E-state index in [2.05, 4.69) is 25.9 Å². The van der Waals surface area contributed by atoms with E-state index in [9.17, 15) is 14.4 Å². The molecule has 0 radical (unpaired) electrons. The molecule has 9 nitrogen and oxygen atoms in total. The van der Waals surface area contributed by atoms with E-state index in [0.717, 1.165) is 0 Å². The number of ether oxygens (including phenoxy) is 1. The highest BCUT2D eigenvalue weighted by Gasteiger charge is 2.29. The van der Waals surface area contributed by atoms with Crippen LogP contribution in [0.15, 0.2) is 60.9 Å². The molecule has 9 heteroatoms. The van der Waals surface area contributed by atoms with Crippen molar-refractivity contribution in [2.75, 3.05) is 18.4 Å². The van der Waals surface area contributed by atoms with Crippen LogP contribution < -0.4 is 20.7 Å². The highest BCUT2D eigenvalue weighted by atomic mass is 16.5. The smallest absolute Gasteiger partial charge is 0.266 e. The van der Waals surface area contributed by atoms with E-state index in [1.807, 2.05) is 12.1 Å². The maximum atomic E-state index is 12.5. The van der Waals surface area contributed by atoms with Gasteiger partial charge in [0.1, 0.15) is 11.6 Å². The number of imidazole rings is 1. The van der Waals surface area contributed by atoms with Crippen LogP contribution >= 0.6 is 0 Å². The summed E-state index contributed by atoms with van der Waals surface area (Å²) in [5.74, 6) is 0.156. The summed E-state index contributed by atoms with van der Waals surface area (Å²) in [4.78, 5) is 44.0. The molecule has 1 aromatic heterocycles. The Morgan fingerprint density at radius 1 is 1.03 bits per heavy atom. The van der Waals surface area contributed by atoms with Crippen LogP contribution in [0.5, 0.6) is 5.75 Å². The lowest BCUT2D eigenvalue weighted by atomic mass is 10.1. The van der Waals surface area contributed by atoms with Crippen molar-refractivity contribution < 1.29 is 19.1 Å². The van der Waals surface area contributed by atoms with Gasteiger partial charge in [0.25, 0.3) is 11.8 Å². The second-order valence-corrected chi connectivity index (χ2v) is 6.89. The van der Waals surface area contributed by atoms with Crippen LogP contribution in [0.3, 0.4) is 0 Å². The number of nitrogens with zero attached hydrogens (tertiary/aromatic N) is 1. The molecule has 158 valence electrons. The number of hydrogen-bond donors (Lipinski definition) is 4. The average molecular weight is 419 g/mol. The molecule has 0 saturated heterocycles. The van der Waals surface area contributed by atoms with Crippen molar-refractivity contribution in [3.8, 4) is 17.1 Å². The molecule has 31 heavy (non-hydrogen) atoms.